The summed E-state index contributed by atoms with van der Waals surface area (Å²) < 4.78 is 5.15. The van der Waals surface area contributed by atoms with E-state index in [1.54, 1.807) is 18.5 Å². The molecule has 18 heavy (non-hydrogen) atoms. The molecular formula is C13H8N2O3. The van der Waals surface area contributed by atoms with Gasteiger partial charge in [-0.2, -0.15) is 0 Å². The third kappa shape index (κ3) is 1.71. The van der Waals surface area contributed by atoms with Gasteiger partial charge in [-0.1, -0.05) is 0 Å². The average Bonchev–Trinajstić information content (AvgIpc) is 2.86. The minimum atomic E-state index is -1.05. The Morgan fingerprint density at radius 2 is 2.06 bits per heavy atom. The van der Waals surface area contributed by atoms with Crippen LogP contribution in [0.2, 0.25) is 0 Å². The summed E-state index contributed by atoms with van der Waals surface area (Å²) in [6, 6.07) is 6.97. The van der Waals surface area contributed by atoms with Gasteiger partial charge in [-0.3, -0.25) is 0 Å². The van der Waals surface area contributed by atoms with Gasteiger partial charge in [-0.05, 0) is 29.8 Å². The molecule has 0 aromatic carbocycles. The number of furan rings is 1. The molecule has 0 spiro atoms. The fraction of sp³-hybridized carbons (Fsp3) is 0. The first-order chi connectivity index (χ1) is 8.74. The number of rotatable bonds is 2. The van der Waals surface area contributed by atoms with Crippen molar-refractivity contribution in [1.29, 1.82) is 0 Å². The van der Waals surface area contributed by atoms with Crippen molar-refractivity contribution in [3.63, 3.8) is 0 Å². The number of carboxylic acid groups (broad SMARTS) is 1. The lowest BCUT2D eigenvalue weighted by Gasteiger charge is -2.01. The lowest BCUT2D eigenvalue weighted by Crippen LogP contribution is -1.99. The molecule has 0 unspecified atom stereocenters. The first kappa shape index (κ1) is 10.5. The average molecular weight is 240 g/mol. The van der Waals surface area contributed by atoms with E-state index in [-0.39, 0.29) is 5.69 Å². The van der Waals surface area contributed by atoms with Crippen LogP contribution in [-0.2, 0) is 0 Å². The minimum Gasteiger partial charge on any atom is -0.477 e. The molecule has 0 aliphatic rings. The van der Waals surface area contributed by atoms with E-state index in [0.717, 1.165) is 16.5 Å². The quantitative estimate of drug-likeness (QED) is 0.745. The summed E-state index contributed by atoms with van der Waals surface area (Å²) in [5.41, 5.74) is 2.16. The van der Waals surface area contributed by atoms with Crippen LogP contribution in [0.25, 0.3) is 22.2 Å². The maximum Gasteiger partial charge on any atom is 0.354 e. The number of nitrogens with zero attached hydrogens (tertiary/aromatic N) is 2. The molecular weight excluding hydrogens is 232 g/mol. The third-order valence-electron chi connectivity index (χ3n) is 2.62. The molecule has 1 N–H and O–H groups in total. The highest BCUT2D eigenvalue weighted by Gasteiger charge is 2.07. The predicted octanol–water partition coefficient (Wildman–Crippen LogP) is 2.59. The molecule has 0 saturated heterocycles. The van der Waals surface area contributed by atoms with Crippen molar-refractivity contribution in [2.45, 2.75) is 0 Å². The monoisotopic (exact) mass is 240 g/mol. The van der Waals surface area contributed by atoms with Crippen LogP contribution in [-0.4, -0.2) is 21.0 Å². The highest BCUT2D eigenvalue weighted by atomic mass is 16.4. The summed E-state index contributed by atoms with van der Waals surface area (Å²) in [6.07, 6.45) is 4.68. The summed E-state index contributed by atoms with van der Waals surface area (Å²) in [6.45, 7) is 0. The van der Waals surface area contributed by atoms with Gasteiger partial charge < -0.3 is 9.52 Å². The number of pyridine rings is 2. The molecule has 3 aromatic heterocycles. The van der Waals surface area contributed by atoms with Gasteiger partial charge in [0.1, 0.15) is 5.69 Å². The fourth-order valence-corrected chi connectivity index (χ4v) is 1.74. The second-order valence-corrected chi connectivity index (χ2v) is 3.77. The van der Waals surface area contributed by atoms with Crippen LogP contribution in [0.4, 0.5) is 0 Å². The van der Waals surface area contributed by atoms with Crippen molar-refractivity contribution < 1.29 is 14.3 Å². The van der Waals surface area contributed by atoms with E-state index in [4.69, 9.17) is 9.52 Å². The molecule has 3 aromatic rings. The van der Waals surface area contributed by atoms with Crippen molar-refractivity contribution in [2.24, 2.45) is 0 Å². The number of carboxylic acids is 1. The second-order valence-electron chi connectivity index (χ2n) is 3.77. The molecule has 88 valence electrons. The molecule has 0 bridgehead atoms. The standard InChI is InChI=1S/C13H8N2O3/c16-13(17)11-6-8(1-3-14-11)10-5-9-2-4-18-12(9)15-7-10/h1-7H,(H,16,17). The normalized spacial score (nSPS) is 10.7. The van der Waals surface area contributed by atoms with Crippen molar-refractivity contribution in [2.75, 3.05) is 0 Å². The second kappa shape index (κ2) is 3.96. The molecule has 0 aliphatic carbocycles. The number of fused-ring (bicyclic) bond motifs is 1. The Balaban J connectivity index is 2.13. The van der Waals surface area contributed by atoms with E-state index in [9.17, 15) is 4.79 Å². The molecule has 0 fully saturated rings. The van der Waals surface area contributed by atoms with E-state index in [1.807, 2.05) is 12.1 Å². The van der Waals surface area contributed by atoms with Crippen LogP contribution in [0.1, 0.15) is 10.5 Å². The molecule has 5 heteroatoms. The SMILES string of the molecule is O=C(O)c1cc(-c2cnc3occc3c2)ccn1. The fourth-order valence-electron chi connectivity index (χ4n) is 1.74. The highest BCUT2D eigenvalue weighted by molar-refractivity contribution is 5.87. The van der Waals surface area contributed by atoms with Crippen LogP contribution in [0.3, 0.4) is 0 Å². The van der Waals surface area contributed by atoms with Gasteiger partial charge in [0.15, 0.2) is 0 Å². The Morgan fingerprint density at radius 3 is 2.89 bits per heavy atom. The summed E-state index contributed by atoms with van der Waals surface area (Å²) in [7, 11) is 0. The molecule has 0 aliphatic heterocycles. The largest absolute Gasteiger partial charge is 0.477 e. The number of aromatic carboxylic acids is 1. The first-order valence-corrected chi connectivity index (χ1v) is 5.27. The van der Waals surface area contributed by atoms with Crippen LogP contribution in [0, 0.1) is 0 Å². The summed E-state index contributed by atoms with van der Waals surface area (Å²) in [5, 5.41) is 9.78. The molecule has 0 radical (unpaired) electrons. The van der Waals surface area contributed by atoms with E-state index in [0.29, 0.717) is 5.71 Å². The molecule has 0 amide bonds. The van der Waals surface area contributed by atoms with E-state index >= 15 is 0 Å². The van der Waals surface area contributed by atoms with Gasteiger partial charge in [0.2, 0.25) is 5.71 Å². The Kier molecular flexibility index (Phi) is 2.30. The first-order valence-electron chi connectivity index (χ1n) is 5.27. The number of aromatic nitrogens is 2. The Morgan fingerprint density at radius 1 is 1.17 bits per heavy atom. The van der Waals surface area contributed by atoms with Gasteiger partial charge in [0, 0.05) is 23.3 Å². The maximum absolute atomic E-state index is 10.9. The number of hydrogen-bond acceptors (Lipinski definition) is 4. The number of hydrogen-bond donors (Lipinski definition) is 1. The van der Waals surface area contributed by atoms with Crippen molar-refractivity contribution in [3.8, 4) is 11.1 Å². The zero-order chi connectivity index (χ0) is 12.5. The van der Waals surface area contributed by atoms with Gasteiger partial charge in [0.05, 0.1) is 6.26 Å². The van der Waals surface area contributed by atoms with Gasteiger partial charge >= 0.3 is 5.97 Å². The Bertz CT molecular complexity index is 734. The number of carbonyl (C=O) groups is 1. The molecule has 0 atom stereocenters. The van der Waals surface area contributed by atoms with Gasteiger partial charge in [-0.25, -0.2) is 14.8 Å². The maximum atomic E-state index is 10.9. The third-order valence-corrected chi connectivity index (χ3v) is 2.62. The van der Waals surface area contributed by atoms with E-state index < -0.39 is 5.97 Å². The lowest BCUT2D eigenvalue weighted by atomic mass is 10.1. The smallest absolute Gasteiger partial charge is 0.354 e. The molecule has 0 saturated carbocycles. The Labute approximate surface area is 102 Å². The van der Waals surface area contributed by atoms with E-state index in [1.165, 1.54) is 12.3 Å². The highest BCUT2D eigenvalue weighted by Crippen LogP contribution is 2.23. The predicted molar refractivity (Wildman–Crippen MR) is 64.2 cm³/mol. The van der Waals surface area contributed by atoms with Crippen LogP contribution in [0.5, 0.6) is 0 Å². The Hall–Kier alpha value is -2.69. The summed E-state index contributed by atoms with van der Waals surface area (Å²) in [5.74, 6) is -1.05. The van der Waals surface area contributed by atoms with Crippen LogP contribution >= 0.6 is 0 Å². The van der Waals surface area contributed by atoms with Crippen molar-refractivity contribution in [1.82, 2.24) is 9.97 Å². The topological polar surface area (TPSA) is 76.2 Å². The molecule has 3 rings (SSSR count). The van der Waals surface area contributed by atoms with Gasteiger partial charge in [0.25, 0.3) is 0 Å². The van der Waals surface area contributed by atoms with Crippen molar-refractivity contribution >= 4 is 17.1 Å². The molecule has 3 heterocycles. The van der Waals surface area contributed by atoms with Gasteiger partial charge in [-0.15, -0.1) is 0 Å². The van der Waals surface area contributed by atoms with Crippen LogP contribution < -0.4 is 0 Å². The minimum absolute atomic E-state index is 0.0137. The summed E-state index contributed by atoms with van der Waals surface area (Å²) in [4.78, 5) is 18.8. The zero-order valence-electron chi connectivity index (χ0n) is 9.20. The van der Waals surface area contributed by atoms with Crippen molar-refractivity contribution in [3.05, 3.63) is 48.6 Å². The van der Waals surface area contributed by atoms with Crippen LogP contribution in [0.15, 0.2) is 47.3 Å². The summed E-state index contributed by atoms with van der Waals surface area (Å²) >= 11 is 0. The molecule has 5 nitrogen and oxygen atoms in total. The lowest BCUT2D eigenvalue weighted by molar-refractivity contribution is 0.0690. The zero-order valence-corrected chi connectivity index (χ0v) is 9.20. The van der Waals surface area contributed by atoms with E-state index in [2.05, 4.69) is 9.97 Å².